The Labute approximate surface area is 211 Å². The number of carbonyl (C=O) groups excluding carboxylic acids is 4. The van der Waals surface area contributed by atoms with Crippen LogP contribution < -0.4 is 10.7 Å². The lowest BCUT2D eigenvalue weighted by Crippen LogP contribution is -2.80. The summed E-state index contributed by atoms with van der Waals surface area (Å²) in [5.41, 5.74) is -3.08. The van der Waals surface area contributed by atoms with Crippen LogP contribution in [0.15, 0.2) is 23.3 Å². The molecule has 3 atom stereocenters. The maximum Gasteiger partial charge on any atom is 0.333 e. The van der Waals surface area contributed by atoms with Gasteiger partial charge in [0.1, 0.15) is 29.6 Å². The lowest BCUT2D eigenvalue weighted by atomic mass is 9.93. The van der Waals surface area contributed by atoms with E-state index in [1.54, 1.807) is 40.7 Å². The van der Waals surface area contributed by atoms with Crippen LogP contribution in [0.5, 0.6) is 0 Å². The van der Waals surface area contributed by atoms with Gasteiger partial charge in [0.15, 0.2) is 5.43 Å². The summed E-state index contributed by atoms with van der Waals surface area (Å²) in [6.07, 6.45) is 2.59. The number of nitriles is 1. The lowest BCUT2D eigenvalue weighted by molar-refractivity contribution is -0.204. The van der Waals surface area contributed by atoms with Crippen molar-refractivity contribution >= 4 is 35.5 Å². The number of hydrogen-bond acceptors (Lipinski definition) is 10. The molecule has 3 rings (SSSR count). The molecule has 2 fully saturated rings. The molecule has 1 unspecified atom stereocenters. The van der Waals surface area contributed by atoms with E-state index in [0.29, 0.717) is 0 Å². The predicted octanol–water partition coefficient (Wildman–Crippen LogP) is 0.331. The fourth-order valence-corrected chi connectivity index (χ4v) is 5.59. The predicted molar refractivity (Wildman–Crippen MR) is 126 cm³/mol. The molecule has 13 heteroatoms. The van der Waals surface area contributed by atoms with Crippen LogP contribution in [0.2, 0.25) is 0 Å². The molecular formula is C23H28N4O8S. The molecular weight excluding hydrogens is 492 g/mol. The molecule has 194 valence electrons. The number of hydrogen-bond donors (Lipinski definition) is 1. The van der Waals surface area contributed by atoms with Crippen LogP contribution >= 0.6 is 11.8 Å². The molecule has 12 nitrogen and oxygen atoms in total. The van der Waals surface area contributed by atoms with Crippen LogP contribution in [0.25, 0.3) is 0 Å². The Balaban J connectivity index is 1.71. The van der Waals surface area contributed by atoms with Gasteiger partial charge in [0.25, 0.3) is 11.6 Å². The second-order valence-electron chi connectivity index (χ2n) is 9.95. The summed E-state index contributed by atoms with van der Waals surface area (Å²) in [7, 11) is 1.27. The van der Waals surface area contributed by atoms with Crippen molar-refractivity contribution in [3.05, 3.63) is 34.2 Å². The summed E-state index contributed by atoms with van der Waals surface area (Å²) in [4.78, 5) is 63.7. The fourth-order valence-electron chi connectivity index (χ4n) is 3.92. The Morgan fingerprint density at radius 2 is 1.89 bits per heavy atom. The second kappa shape index (κ2) is 9.59. The molecule has 0 spiro atoms. The lowest BCUT2D eigenvalue weighted by Gasteiger charge is -2.51. The highest BCUT2D eigenvalue weighted by Crippen LogP contribution is 2.55. The number of thioether (sulfide) groups is 1. The zero-order chi connectivity index (χ0) is 27.1. The number of β-lactam (4-membered cyclic amide) rings is 1. The van der Waals surface area contributed by atoms with Gasteiger partial charge in [-0.25, -0.2) is 4.79 Å². The first-order chi connectivity index (χ1) is 16.7. The van der Waals surface area contributed by atoms with E-state index in [-0.39, 0.29) is 12.1 Å². The fraction of sp³-hybridized carbons (Fsp3) is 0.565. The molecule has 1 N–H and O–H groups in total. The van der Waals surface area contributed by atoms with Gasteiger partial charge in [-0.05, 0) is 34.6 Å². The Hall–Kier alpha value is -3.37. The number of rotatable bonds is 7. The van der Waals surface area contributed by atoms with Gasteiger partial charge < -0.3 is 29.0 Å². The zero-order valence-electron chi connectivity index (χ0n) is 20.8. The van der Waals surface area contributed by atoms with Crippen molar-refractivity contribution in [3.63, 3.8) is 0 Å². The second-order valence-corrected chi connectivity index (χ2v) is 11.7. The highest BCUT2D eigenvalue weighted by atomic mass is 32.2. The van der Waals surface area contributed by atoms with Crippen molar-refractivity contribution in [3.8, 4) is 6.07 Å². The molecule has 0 aromatic carbocycles. The monoisotopic (exact) mass is 520 g/mol. The molecule has 2 aliphatic rings. The number of carbonyl (C=O) groups is 4. The Bertz CT molecular complexity index is 1200. The van der Waals surface area contributed by atoms with Gasteiger partial charge in [0, 0.05) is 30.3 Å². The SMILES string of the molecule is COC1(NC(=O)Cn2ccc(=O)c(C#N)c2)C(=O)N2[C@@H](C(=O)OCOC(=O)C(C)(C)C)C(C)(C)S[C@@H]21. The van der Waals surface area contributed by atoms with Gasteiger partial charge >= 0.3 is 11.9 Å². The quantitative estimate of drug-likeness (QED) is 0.302. The van der Waals surface area contributed by atoms with Crippen LogP contribution in [-0.4, -0.2) is 69.0 Å². The van der Waals surface area contributed by atoms with Crippen LogP contribution in [-0.2, 0) is 39.9 Å². The molecule has 2 amide bonds. The minimum absolute atomic E-state index is 0.125. The topological polar surface area (TPSA) is 157 Å². The molecule has 3 heterocycles. The third-order valence-electron chi connectivity index (χ3n) is 5.80. The number of nitrogens with zero attached hydrogens (tertiary/aromatic N) is 3. The highest BCUT2D eigenvalue weighted by molar-refractivity contribution is 8.01. The zero-order valence-corrected chi connectivity index (χ0v) is 21.6. The van der Waals surface area contributed by atoms with E-state index >= 15 is 0 Å². The van der Waals surface area contributed by atoms with Gasteiger partial charge in [-0.15, -0.1) is 11.8 Å². The number of esters is 2. The number of ether oxygens (including phenoxy) is 3. The number of methoxy groups -OCH3 is 1. The molecule has 0 radical (unpaired) electrons. The third-order valence-corrected chi connectivity index (χ3v) is 7.42. The van der Waals surface area contributed by atoms with E-state index in [9.17, 15) is 24.0 Å². The van der Waals surface area contributed by atoms with Crippen molar-refractivity contribution < 1.29 is 33.4 Å². The Kier molecular flexibility index (Phi) is 7.25. The molecule has 2 saturated heterocycles. The smallest absolute Gasteiger partial charge is 0.333 e. The van der Waals surface area contributed by atoms with Crippen LogP contribution in [0.1, 0.15) is 40.2 Å². The summed E-state index contributed by atoms with van der Waals surface area (Å²) in [6.45, 7) is 7.62. The number of nitrogens with one attached hydrogen (secondary N) is 1. The largest absolute Gasteiger partial charge is 0.427 e. The minimum atomic E-state index is -1.72. The minimum Gasteiger partial charge on any atom is -0.427 e. The van der Waals surface area contributed by atoms with Gasteiger partial charge in [-0.3, -0.25) is 19.2 Å². The molecule has 1 aromatic heterocycles. The van der Waals surface area contributed by atoms with Crippen LogP contribution in [0.4, 0.5) is 0 Å². The normalized spacial score (nSPS) is 24.2. The van der Waals surface area contributed by atoms with Gasteiger partial charge in [-0.2, -0.15) is 5.26 Å². The van der Waals surface area contributed by atoms with E-state index in [0.717, 1.165) is 0 Å². The van der Waals surface area contributed by atoms with E-state index in [2.05, 4.69) is 5.32 Å². The standard InChI is InChI=1S/C23H28N4O8S/c1-21(2,3)20(32)35-12-34-17(30)16-22(4,5)36-19-23(33-6,18(31)27(16)19)25-15(29)11-26-8-7-14(28)13(9-24)10-26/h7-8,10,16,19H,11-12H2,1-6H3,(H,25,29)/t16-,19+,23?/m0/s1. The number of aromatic nitrogens is 1. The Morgan fingerprint density at radius 1 is 1.22 bits per heavy atom. The molecule has 2 aliphatic heterocycles. The molecule has 0 bridgehead atoms. The van der Waals surface area contributed by atoms with E-state index < -0.39 is 63.3 Å². The van der Waals surface area contributed by atoms with Crippen LogP contribution in [0.3, 0.4) is 0 Å². The van der Waals surface area contributed by atoms with Crippen molar-refractivity contribution in [1.29, 1.82) is 5.26 Å². The summed E-state index contributed by atoms with van der Waals surface area (Å²) < 4.78 is 16.1. The van der Waals surface area contributed by atoms with Crippen LogP contribution in [0, 0.1) is 16.7 Å². The molecule has 0 aliphatic carbocycles. The van der Waals surface area contributed by atoms with Gasteiger partial charge in [-0.1, -0.05) is 0 Å². The Morgan fingerprint density at radius 3 is 2.47 bits per heavy atom. The third kappa shape index (κ3) is 4.83. The van der Waals surface area contributed by atoms with Gasteiger partial charge in [0.05, 0.1) is 5.41 Å². The number of pyridine rings is 1. The summed E-state index contributed by atoms with van der Waals surface area (Å²) >= 11 is 1.26. The maximum atomic E-state index is 13.2. The average molecular weight is 521 g/mol. The highest BCUT2D eigenvalue weighted by Gasteiger charge is 2.73. The van der Waals surface area contributed by atoms with Gasteiger partial charge in [0.2, 0.25) is 12.7 Å². The molecule has 1 aromatic rings. The number of fused-ring (bicyclic) bond motifs is 1. The first-order valence-corrected chi connectivity index (χ1v) is 11.9. The van der Waals surface area contributed by atoms with E-state index in [1.807, 2.05) is 0 Å². The first-order valence-electron chi connectivity index (χ1n) is 11.0. The van der Waals surface area contributed by atoms with Crippen molar-refractivity contribution in [1.82, 2.24) is 14.8 Å². The summed E-state index contributed by atoms with van der Waals surface area (Å²) in [6, 6.07) is 1.91. The van der Waals surface area contributed by atoms with Crippen molar-refractivity contribution in [2.75, 3.05) is 13.9 Å². The first kappa shape index (κ1) is 27.2. The number of amides is 2. The van der Waals surface area contributed by atoms with Crippen molar-refractivity contribution in [2.45, 2.75) is 63.1 Å². The maximum absolute atomic E-state index is 13.2. The molecule has 36 heavy (non-hydrogen) atoms. The average Bonchev–Trinajstić information content (AvgIpc) is 3.06. The van der Waals surface area contributed by atoms with E-state index in [4.69, 9.17) is 19.5 Å². The molecule has 0 saturated carbocycles. The van der Waals surface area contributed by atoms with E-state index in [1.165, 1.54) is 46.8 Å². The summed E-state index contributed by atoms with van der Waals surface area (Å²) in [5, 5.41) is 10.9. The van der Waals surface area contributed by atoms with Crippen molar-refractivity contribution in [2.24, 2.45) is 5.41 Å². The summed E-state index contributed by atoms with van der Waals surface area (Å²) in [5.74, 6) is -2.53.